The Morgan fingerprint density at radius 2 is 2.05 bits per heavy atom. The molecule has 0 unspecified atom stereocenters. The predicted octanol–water partition coefficient (Wildman–Crippen LogP) is 2.07. The number of imidazole rings is 1. The van der Waals surface area contributed by atoms with Gasteiger partial charge in [-0.05, 0) is 18.2 Å². The number of hydrogen-bond acceptors (Lipinski definition) is 4. The Balaban J connectivity index is 1.51. The first-order chi connectivity index (χ1) is 10.3. The second kappa shape index (κ2) is 6.37. The zero-order chi connectivity index (χ0) is 14.5. The maximum atomic E-state index is 5.11. The van der Waals surface area contributed by atoms with E-state index in [0.29, 0.717) is 5.88 Å². The lowest BCUT2D eigenvalue weighted by atomic mass is 10.3. The van der Waals surface area contributed by atoms with Crippen LogP contribution in [0.2, 0.25) is 0 Å². The fraction of sp³-hybridized carbons (Fsp3) is 0.250. The van der Waals surface area contributed by atoms with E-state index in [4.69, 9.17) is 4.74 Å². The van der Waals surface area contributed by atoms with Crippen molar-refractivity contribution in [1.82, 2.24) is 19.7 Å². The third-order valence-electron chi connectivity index (χ3n) is 3.27. The van der Waals surface area contributed by atoms with Crippen molar-refractivity contribution in [2.45, 2.75) is 13.0 Å². The standard InChI is InChI=1S/C16H18N4O/c1-21-16-7-4-5-13(19-16)11-17-9-8-14-12-20-10-3-2-6-15(20)18-14/h2-7,10,12,17H,8-9,11H2,1H3. The van der Waals surface area contributed by atoms with Gasteiger partial charge in [0.05, 0.1) is 18.5 Å². The zero-order valence-electron chi connectivity index (χ0n) is 12.0. The topological polar surface area (TPSA) is 51.5 Å². The van der Waals surface area contributed by atoms with Gasteiger partial charge in [-0.3, -0.25) is 0 Å². The third kappa shape index (κ3) is 3.38. The highest BCUT2D eigenvalue weighted by Gasteiger charge is 2.01. The van der Waals surface area contributed by atoms with Gasteiger partial charge < -0.3 is 14.5 Å². The minimum absolute atomic E-state index is 0.648. The van der Waals surface area contributed by atoms with Gasteiger partial charge in [0.1, 0.15) is 5.65 Å². The third-order valence-corrected chi connectivity index (χ3v) is 3.27. The van der Waals surface area contributed by atoms with E-state index in [0.717, 1.165) is 36.5 Å². The molecule has 0 saturated heterocycles. The molecule has 0 fully saturated rings. The monoisotopic (exact) mass is 282 g/mol. The van der Waals surface area contributed by atoms with E-state index in [2.05, 4.69) is 21.5 Å². The molecule has 1 N–H and O–H groups in total. The molecule has 0 saturated carbocycles. The maximum Gasteiger partial charge on any atom is 0.213 e. The Kier molecular flexibility index (Phi) is 4.12. The number of pyridine rings is 2. The van der Waals surface area contributed by atoms with Crippen molar-refractivity contribution in [3.05, 3.63) is 60.2 Å². The molecule has 0 aliphatic rings. The first-order valence-electron chi connectivity index (χ1n) is 6.98. The van der Waals surface area contributed by atoms with Gasteiger partial charge in [0.2, 0.25) is 5.88 Å². The molecule has 5 heteroatoms. The summed E-state index contributed by atoms with van der Waals surface area (Å²) in [7, 11) is 1.63. The molecule has 0 bridgehead atoms. The van der Waals surface area contributed by atoms with Crippen molar-refractivity contribution < 1.29 is 4.74 Å². The molecule has 3 rings (SSSR count). The van der Waals surface area contributed by atoms with Crippen LogP contribution in [0.25, 0.3) is 5.65 Å². The van der Waals surface area contributed by atoms with Crippen LogP contribution in [-0.2, 0) is 13.0 Å². The Hall–Kier alpha value is -2.40. The van der Waals surface area contributed by atoms with Crippen LogP contribution in [0, 0.1) is 0 Å². The van der Waals surface area contributed by atoms with E-state index in [-0.39, 0.29) is 0 Å². The van der Waals surface area contributed by atoms with E-state index >= 15 is 0 Å². The van der Waals surface area contributed by atoms with Gasteiger partial charge in [-0.1, -0.05) is 12.1 Å². The highest BCUT2D eigenvalue weighted by atomic mass is 16.5. The van der Waals surface area contributed by atoms with Crippen LogP contribution >= 0.6 is 0 Å². The molecule has 3 aromatic rings. The molecule has 0 aliphatic carbocycles. The molecule has 0 amide bonds. The SMILES string of the molecule is COc1cccc(CNCCc2cn3ccccc3n2)n1. The molecule has 0 atom stereocenters. The molecule has 0 spiro atoms. The van der Waals surface area contributed by atoms with Crippen LogP contribution < -0.4 is 10.1 Å². The van der Waals surface area contributed by atoms with Crippen LogP contribution in [0.15, 0.2) is 48.8 Å². The Labute approximate surface area is 123 Å². The van der Waals surface area contributed by atoms with Crippen molar-refractivity contribution in [2.24, 2.45) is 0 Å². The van der Waals surface area contributed by atoms with Crippen LogP contribution in [0.1, 0.15) is 11.4 Å². The molecule has 21 heavy (non-hydrogen) atoms. The van der Waals surface area contributed by atoms with E-state index in [9.17, 15) is 0 Å². The maximum absolute atomic E-state index is 5.11. The minimum Gasteiger partial charge on any atom is -0.481 e. The summed E-state index contributed by atoms with van der Waals surface area (Å²) in [5.74, 6) is 0.648. The molecule has 108 valence electrons. The molecular formula is C16H18N4O. The van der Waals surface area contributed by atoms with Gasteiger partial charge in [0.25, 0.3) is 0 Å². The number of rotatable bonds is 6. The molecule has 3 heterocycles. The van der Waals surface area contributed by atoms with Crippen LogP contribution in [0.5, 0.6) is 5.88 Å². The number of fused-ring (bicyclic) bond motifs is 1. The average molecular weight is 282 g/mol. The molecule has 0 radical (unpaired) electrons. The van der Waals surface area contributed by atoms with Crippen LogP contribution in [-0.4, -0.2) is 28.0 Å². The zero-order valence-corrected chi connectivity index (χ0v) is 12.0. The Morgan fingerprint density at radius 1 is 1.10 bits per heavy atom. The Bertz CT molecular complexity index is 690. The normalized spacial score (nSPS) is 10.9. The van der Waals surface area contributed by atoms with Crippen molar-refractivity contribution in [3.8, 4) is 5.88 Å². The molecule has 0 aliphatic heterocycles. The largest absolute Gasteiger partial charge is 0.481 e. The summed E-state index contributed by atoms with van der Waals surface area (Å²) in [6, 6.07) is 11.8. The number of methoxy groups -OCH3 is 1. The number of hydrogen-bond donors (Lipinski definition) is 1. The minimum atomic E-state index is 0.648. The molecular weight excluding hydrogens is 264 g/mol. The van der Waals surface area contributed by atoms with Gasteiger partial charge in [-0.15, -0.1) is 0 Å². The lowest BCUT2D eigenvalue weighted by molar-refractivity contribution is 0.395. The second-order valence-corrected chi connectivity index (χ2v) is 4.80. The highest BCUT2D eigenvalue weighted by Crippen LogP contribution is 2.07. The summed E-state index contributed by atoms with van der Waals surface area (Å²) in [6.07, 6.45) is 4.98. The highest BCUT2D eigenvalue weighted by molar-refractivity contribution is 5.39. The summed E-state index contributed by atoms with van der Waals surface area (Å²) in [5, 5.41) is 3.38. The number of nitrogens with one attached hydrogen (secondary N) is 1. The van der Waals surface area contributed by atoms with Gasteiger partial charge >= 0.3 is 0 Å². The fourth-order valence-corrected chi connectivity index (χ4v) is 2.21. The van der Waals surface area contributed by atoms with Gasteiger partial charge in [0.15, 0.2) is 0 Å². The first kappa shape index (κ1) is 13.6. The number of ether oxygens (including phenoxy) is 1. The smallest absolute Gasteiger partial charge is 0.213 e. The van der Waals surface area contributed by atoms with E-state index in [1.807, 2.05) is 47.0 Å². The van der Waals surface area contributed by atoms with Gasteiger partial charge in [-0.25, -0.2) is 9.97 Å². The second-order valence-electron chi connectivity index (χ2n) is 4.80. The summed E-state index contributed by atoms with van der Waals surface area (Å²) in [6.45, 7) is 1.59. The predicted molar refractivity (Wildman–Crippen MR) is 81.4 cm³/mol. The van der Waals surface area contributed by atoms with Gasteiger partial charge in [0, 0.05) is 38.0 Å². The van der Waals surface area contributed by atoms with Crippen LogP contribution in [0.3, 0.4) is 0 Å². The quantitative estimate of drug-likeness (QED) is 0.703. The molecule has 5 nitrogen and oxygen atoms in total. The first-order valence-corrected chi connectivity index (χ1v) is 6.98. The van der Waals surface area contributed by atoms with Crippen LogP contribution in [0.4, 0.5) is 0 Å². The van der Waals surface area contributed by atoms with Crippen molar-refractivity contribution in [3.63, 3.8) is 0 Å². The van der Waals surface area contributed by atoms with Crippen molar-refractivity contribution in [2.75, 3.05) is 13.7 Å². The summed E-state index contributed by atoms with van der Waals surface area (Å²) in [5.41, 5.74) is 3.05. The number of nitrogens with zero attached hydrogens (tertiary/aromatic N) is 3. The van der Waals surface area contributed by atoms with Crippen molar-refractivity contribution >= 4 is 5.65 Å². The molecule has 3 aromatic heterocycles. The van der Waals surface area contributed by atoms with Gasteiger partial charge in [-0.2, -0.15) is 0 Å². The molecule has 0 aromatic carbocycles. The van der Waals surface area contributed by atoms with E-state index < -0.39 is 0 Å². The van der Waals surface area contributed by atoms with Crippen molar-refractivity contribution in [1.29, 1.82) is 0 Å². The lowest BCUT2D eigenvalue weighted by Crippen LogP contribution is -2.17. The summed E-state index contributed by atoms with van der Waals surface area (Å²) < 4.78 is 7.15. The summed E-state index contributed by atoms with van der Waals surface area (Å²) >= 11 is 0. The number of aromatic nitrogens is 3. The fourth-order valence-electron chi connectivity index (χ4n) is 2.21. The van der Waals surface area contributed by atoms with E-state index in [1.165, 1.54) is 0 Å². The van der Waals surface area contributed by atoms with E-state index in [1.54, 1.807) is 7.11 Å². The lowest BCUT2D eigenvalue weighted by Gasteiger charge is -2.04. The average Bonchev–Trinajstić information content (AvgIpc) is 2.94. The summed E-state index contributed by atoms with van der Waals surface area (Å²) in [4.78, 5) is 8.94. The Morgan fingerprint density at radius 3 is 2.90 bits per heavy atom.